The molecule has 4 aromatic rings. The number of hydrogen-bond donors (Lipinski definition) is 0. The number of allylic oxidation sites excluding steroid dienone is 1. The SMILES string of the molecule is COc1ccc(OC)c(/C=c2/sc3n(c2=O)[C@H](c2ccc(F)cc2)C2=C(N=3)c3ccccc3CC2)c1. The van der Waals surface area contributed by atoms with Gasteiger partial charge in [-0.25, -0.2) is 9.38 Å². The number of hydrogen-bond acceptors (Lipinski definition) is 5. The van der Waals surface area contributed by atoms with Gasteiger partial charge in [-0.3, -0.25) is 9.36 Å². The van der Waals surface area contributed by atoms with Gasteiger partial charge in [0.25, 0.3) is 5.56 Å². The molecule has 0 saturated carbocycles. The summed E-state index contributed by atoms with van der Waals surface area (Å²) in [6.07, 6.45) is 3.47. The van der Waals surface area contributed by atoms with Crippen LogP contribution in [-0.4, -0.2) is 18.8 Å². The number of aromatic nitrogens is 1. The van der Waals surface area contributed by atoms with Crippen LogP contribution in [0.25, 0.3) is 11.8 Å². The maximum absolute atomic E-state index is 13.9. The van der Waals surface area contributed by atoms with E-state index >= 15 is 0 Å². The Morgan fingerprint density at radius 2 is 1.83 bits per heavy atom. The molecular weight excluding hydrogens is 475 g/mol. The van der Waals surface area contributed by atoms with Crippen LogP contribution in [-0.2, 0) is 6.42 Å². The quantitative estimate of drug-likeness (QED) is 0.417. The summed E-state index contributed by atoms with van der Waals surface area (Å²) in [6, 6.07) is 19.8. The fraction of sp³-hybridized carbons (Fsp3) is 0.172. The first kappa shape index (κ1) is 22.5. The van der Waals surface area contributed by atoms with Crippen molar-refractivity contribution in [3.63, 3.8) is 0 Å². The van der Waals surface area contributed by atoms with E-state index in [4.69, 9.17) is 14.5 Å². The summed E-state index contributed by atoms with van der Waals surface area (Å²) in [7, 11) is 3.20. The van der Waals surface area contributed by atoms with Crippen molar-refractivity contribution in [3.8, 4) is 11.5 Å². The summed E-state index contributed by atoms with van der Waals surface area (Å²) in [4.78, 5) is 19.5. The number of benzene rings is 3. The van der Waals surface area contributed by atoms with Crippen molar-refractivity contribution in [3.05, 3.63) is 120 Å². The Labute approximate surface area is 211 Å². The molecule has 0 fully saturated rings. The van der Waals surface area contributed by atoms with Gasteiger partial charge in [-0.15, -0.1) is 0 Å². The van der Waals surface area contributed by atoms with E-state index in [1.165, 1.54) is 29.0 Å². The second-order valence-electron chi connectivity index (χ2n) is 8.77. The number of rotatable bonds is 4. The average Bonchev–Trinajstić information content (AvgIpc) is 3.22. The van der Waals surface area contributed by atoms with Gasteiger partial charge in [0.2, 0.25) is 0 Å². The standard InChI is InChI=1S/C29H23FN2O3S/c1-34-21-12-14-24(35-2)19(15-21)16-25-28(33)32-27(18-7-10-20(30)11-8-18)23-13-9-17-5-3-4-6-22(17)26(23)31-29(32)36-25/h3-8,10-12,14-16,27H,9,13H2,1-2H3/b25-16+/t27-/m1/s1. The van der Waals surface area contributed by atoms with E-state index in [9.17, 15) is 9.18 Å². The lowest BCUT2D eigenvalue weighted by atomic mass is 9.83. The van der Waals surface area contributed by atoms with Gasteiger partial charge in [-0.05, 0) is 65.9 Å². The Morgan fingerprint density at radius 3 is 2.61 bits per heavy atom. The second kappa shape index (κ2) is 8.91. The molecule has 1 aliphatic heterocycles. The topological polar surface area (TPSA) is 52.8 Å². The van der Waals surface area contributed by atoms with Crippen LogP contribution >= 0.6 is 11.3 Å². The van der Waals surface area contributed by atoms with Crippen LogP contribution in [0.2, 0.25) is 0 Å². The molecule has 3 aromatic carbocycles. The van der Waals surface area contributed by atoms with E-state index in [2.05, 4.69) is 12.1 Å². The van der Waals surface area contributed by atoms with Gasteiger partial charge in [-0.1, -0.05) is 47.7 Å². The molecule has 7 heteroatoms. The zero-order valence-electron chi connectivity index (χ0n) is 19.8. The average molecular weight is 499 g/mol. The van der Waals surface area contributed by atoms with Crippen molar-refractivity contribution in [2.75, 3.05) is 14.2 Å². The lowest BCUT2D eigenvalue weighted by Gasteiger charge is -2.30. The molecule has 0 unspecified atom stereocenters. The fourth-order valence-corrected chi connectivity index (χ4v) is 6.05. The summed E-state index contributed by atoms with van der Waals surface area (Å²) in [5.74, 6) is 1.01. The van der Waals surface area contributed by atoms with E-state index in [1.807, 2.05) is 36.4 Å². The highest BCUT2D eigenvalue weighted by molar-refractivity contribution is 7.07. The third-order valence-corrected chi connectivity index (χ3v) is 7.77. The summed E-state index contributed by atoms with van der Waals surface area (Å²) < 4.78 is 27.0. The van der Waals surface area contributed by atoms with E-state index in [-0.39, 0.29) is 17.4 Å². The maximum atomic E-state index is 13.9. The van der Waals surface area contributed by atoms with Crippen molar-refractivity contribution >= 4 is 23.1 Å². The Balaban J connectivity index is 1.62. The predicted octanol–water partition coefficient (Wildman–Crippen LogP) is 4.48. The molecule has 0 bridgehead atoms. The van der Waals surface area contributed by atoms with E-state index in [1.54, 1.807) is 30.9 Å². The Morgan fingerprint density at radius 1 is 1.03 bits per heavy atom. The van der Waals surface area contributed by atoms with Crippen LogP contribution in [0, 0.1) is 5.82 Å². The minimum Gasteiger partial charge on any atom is -0.497 e. The molecule has 1 aromatic heterocycles. The van der Waals surface area contributed by atoms with Crippen LogP contribution < -0.4 is 24.4 Å². The van der Waals surface area contributed by atoms with Crippen LogP contribution in [0.1, 0.15) is 34.7 Å². The Kier molecular flexibility index (Phi) is 5.57. The number of fused-ring (bicyclic) bond motifs is 3. The van der Waals surface area contributed by atoms with Gasteiger partial charge in [0, 0.05) is 11.1 Å². The fourth-order valence-electron chi connectivity index (χ4n) is 5.06. The van der Waals surface area contributed by atoms with E-state index in [0.717, 1.165) is 40.8 Å². The summed E-state index contributed by atoms with van der Waals surface area (Å²) in [5.41, 5.74) is 5.81. The zero-order valence-corrected chi connectivity index (χ0v) is 20.6. The Hall–Kier alpha value is -3.97. The monoisotopic (exact) mass is 498 g/mol. The highest BCUT2D eigenvalue weighted by Crippen LogP contribution is 2.41. The molecule has 1 aliphatic carbocycles. The number of halogens is 1. The third-order valence-electron chi connectivity index (χ3n) is 6.78. The number of nitrogens with zero attached hydrogens (tertiary/aromatic N) is 2. The Bertz CT molecular complexity index is 1700. The molecule has 1 atom stereocenters. The molecule has 0 amide bonds. The molecule has 0 saturated heterocycles. The highest BCUT2D eigenvalue weighted by atomic mass is 32.1. The zero-order chi connectivity index (χ0) is 24.8. The predicted molar refractivity (Wildman–Crippen MR) is 139 cm³/mol. The summed E-state index contributed by atoms with van der Waals surface area (Å²) in [6.45, 7) is 0. The number of aryl methyl sites for hydroxylation is 1. The number of methoxy groups -OCH3 is 2. The van der Waals surface area contributed by atoms with Crippen molar-refractivity contribution < 1.29 is 13.9 Å². The van der Waals surface area contributed by atoms with Crippen molar-refractivity contribution in [1.29, 1.82) is 0 Å². The number of thiazole rings is 1. The molecule has 180 valence electrons. The largest absolute Gasteiger partial charge is 0.497 e. The second-order valence-corrected chi connectivity index (χ2v) is 9.78. The molecule has 6 rings (SSSR count). The molecule has 36 heavy (non-hydrogen) atoms. The minimum atomic E-state index is -0.348. The number of ether oxygens (including phenoxy) is 2. The van der Waals surface area contributed by atoms with Crippen LogP contribution in [0.4, 0.5) is 4.39 Å². The molecular formula is C29H23FN2O3S. The molecule has 2 heterocycles. The summed E-state index contributed by atoms with van der Waals surface area (Å²) in [5, 5.41) is 0. The maximum Gasteiger partial charge on any atom is 0.271 e. The smallest absolute Gasteiger partial charge is 0.271 e. The highest BCUT2D eigenvalue weighted by Gasteiger charge is 2.32. The summed E-state index contributed by atoms with van der Waals surface area (Å²) >= 11 is 1.35. The lowest BCUT2D eigenvalue weighted by Crippen LogP contribution is -2.38. The van der Waals surface area contributed by atoms with Crippen molar-refractivity contribution in [2.45, 2.75) is 18.9 Å². The molecule has 0 N–H and O–H groups in total. The van der Waals surface area contributed by atoms with Gasteiger partial charge in [-0.2, -0.15) is 0 Å². The lowest BCUT2D eigenvalue weighted by molar-refractivity contribution is 0.402. The first-order chi connectivity index (χ1) is 17.6. The normalized spacial score (nSPS) is 16.6. The molecule has 0 radical (unpaired) electrons. The first-order valence-corrected chi connectivity index (χ1v) is 12.5. The van der Waals surface area contributed by atoms with Crippen LogP contribution in [0.3, 0.4) is 0 Å². The minimum absolute atomic E-state index is 0.136. The molecule has 5 nitrogen and oxygen atoms in total. The van der Waals surface area contributed by atoms with Crippen LogP contribution in [0.15, 0.2) is 82.1 Å². The van der Waals surface area contributed by atoms with Gasteiger partial charge < -0.3 is 9.47 Å². The van der Waals surface area contributed by atoms with Crippen molar-refractivity contribution in [2.24, 2.45) is 4.99 Å². The third kappa shape index (κ3) is 3.67. The van der Waals surface area contributed by atoms with Crippen molar-refractivity contribution in [1.82, 2.24) is 4.57 Å². The van der Waals surface area contributed by atoms with Gasteiger partial charge in [0.1, 0.15) is 17.3 Å². The molecule has 0 spiro atoms. The molecule has 2 aliphatic rings. The van der Waals surface area contributed by atoms with Gasteiger partial charge in [0.05, 0.1) is 30.5 Å². The first-order valence-electron chi connectivity index (χ1n) is 11.7. The van der Waals surface area contributed by atoms with E-state index < -0.39 is 0 Å². The van der Waals surface area contributed by atoms with Crippen LogP contribution in [0.5, 0.6) is 11.5 Å². The van der Waals surface area contributed by atoms with E-state index in [0.29, 0.717) is 20.8 Å². The van der Waals surface area contributed by atoms with Gasteiger partial charge >= 0.3 is 0 Å². The van der Waals surface area contributed by atoms with Gasteiger partial charge in [0.15, 0.2) is 4.80 Å².